The van der Waals surface area contributed by atoms with Gasteiger partial charge in [-0.3, -0.25) is 13.8 Å². The molecule has 0 aromatic heterocycles. The average molecular weight is 705 g/mol. The number of rotatable bonds is 39. The second-order valence-corrected chi connectivity index (χ2v) is 15.7. The van der Waals surface area contributed by atoms with Gasteiger partial charge in [0.05, 0.1) is 25.4 Å². The topological polar surface area (TPSA) is 131 Å². The van der Waals surface area contributed by atoms with Crippen LogP contribution in [0.15, 0.2) is 0 Å². The smallest absolute Gasteiger partial charge is 0.391 e. The van der Waals surface area contributed by atoms with Gasteiger partial charge in [0.25, 0.3) is 0 Å². The summed E-state index contributed by atoms with van der Waals surface area (Å²) in [4.78, 5) is 22.7. The van der Waals surface area contributed by atoms with Gasteiger partial charge in [0, 0.05) is 13.0 Å². The fourth-order valence-electron chi connectivity index (χ4n) is 6.31. The van der Waals surface area contributed by atoms with E-state index in [-0.39, 0.29) is 25.7 Å². The van der Waals surface area contributed by atoms with Crippen molar-refractivity contribution in [2.24, 2.45) is 5.73 Å². The van der Waals surface area contributed by atoms with E-state index in [1.165, 1.54) is 148 Å². The van der Waals surface area contributed by atoms with E-state index in [9.17, 15) is 19.4 Å². The number of aliphatic hydroxyl groups excluding tert-OH is 1. The van der Waals surface area contributed by atoms with Crippen LogP contribution in [0.1, 0.15) is 213 Å². The van der Waals surface area contributed by atoms with E-state index in [1.54, 1.807) is 0 Å². The maximum absolute atomic E-state index is 12.7. The molecule has 3 atom stereocenters. The molecule has 1 unspecified atom stereocenters. The molecule has 9 heteroatoms. The summed E-state index contributed by atoms with van der Waals surface area (Å²) in [6.07, 6.45) is 36.7. The van der Waals surface area contributed by atoms with Gasteiger partial charge in [-0.25, -0.2) is 4.57 Å². The van der Waals surface area contributed by atoms with E-state index in [0.29, 0.717) is 12.8 Å². The number of unbranched alkanes of at least 4 members (excludes halogenated alkanes) is 27. The van der Waals surface area contributed by atoms with E-state index >= 15 is 0 Å². The number of amides is 1. The van der Waals surface area contributed by atoms with Crippen molar-refractivity contribution in [2.75, 3.05) is 19.8 Å². The lowest BCUT2D eigenvalue weighted by molar-refractivity contribution is -0.123. The maximum Gasteiger partial charge on any atom is 0.472 e. The maximum atomic E-state index is 12.7. The first-order valence-electron chi connectivity index (χ1n) is 20.7. The van der Waals surface area contributed by atoms with Crippen LogP contribution in [-0.4, -0.2) is 47.8 Å². The summed E-state index contributed by atoms with van der Waals surface area (Å²) in [6.45, 7) is 4.22. The summed E-state index contributed by atoms with van der Waals surface area (Å²) < 4.78 is 22.1. The molecule has 0 fully saturated rings. The third-order valence-corrected chi connectivity index (χ3v) is 10.4. The number of nitrogens with one attached hydrogen (secondary N) is 1. The van der Waals surface area contributed by atoms with Crippen LogP contribution in [0.5, 0.6) is 0 Å². The fraction of sp³-hybridized carbons (Fsp3) is 0.974. The second-order valence-electron chi connectivity index (χ2n) is 14.2. The molecule has 1 amide bonds. The van der Waals surface area contributed by atoms with Gasteiger partial charge in [0.15, 0.2) is 0 Å². The van der Waals surface area contributed by atoms with Gasteiger partial charge >= 0.3 is 7.82 Å². The number of carbonyl (C=O) groups excluding carboxylic acids is 1. The van der Waals surface area contributed by atoms with Crippen LogP contribution in [0.4, 0.5) is 0 Å². The summed E-state index contributed by atoms with van der Waals surface area (Å²) in [5, 5.41) is 13.8. The monoisotopic (exact) mass is 705 g/mol. The van der Waals surface area contributed by atoms with Crippen LogP contribution in [0.25, 0.3) is 0 Å². The molecular formula is C39H81N2O6P. The van der Waals surface area contributed by atoms with E-state index in [2.05, 4.69) is 19.2 Å². The molecular weight excluding hydrogens is 623 g/mol. The number of phosphoric acid groups is 1. The molecule has 0 saturated carbocycles. The molecule has 0 aliphatic heterocycles. The number of nitrogens with two attached hydrogens (primary N) is 1. The van der Waals surface area contributed by atoms with Crippen molar-refractivity contribution >= 4 is 13.7 Å². The molecule has 0 aromatic rings. The van der Waals surface area contributed by atoms with Gasteiger partial charge < -0.3 is 21.1 Å². The lowest BCUT2D eigenvalue weighted by Crippen LogP contribution is -2.46. The Morgan fingerprint density at radius 1 is 0.604 bits per heavy atom. The predicted octanol–water partition coefficient (Wildman–Crippen LogP) is 11.1. The standard InChI is InChI=1S/C39H81N2O6P/c1-3-5-7-9-11-13-15-17-18-19-20-21-23-25-27-29-31-33-39(43)41-37(36-47-48(44,45)46-35-34-40)38(42)32-30-28-26-24-22-16-14-12-10-8-6-4-2/h37-38,42H,3-36,40H2,1-2H3,(H,41,43)(H,44,45)/t37-,38+/m0/s1. The Hall–Kier alpha value is -0.500. The van der Waals surface area contributed by atoms with Gasteiger partial charge in [-0.15, -0.1) is 0 Å². The Balaban J connectivity index is 4.13. The molecule has 8 nitrogen and oxygen atoms in total. The lowest BCUT2D eigenvalue weighted by atomic mass is 10.0. The summed E-state index contributed by atoms with van der Waals surface area (Å²) in [7, 11) is -4.30. The van der Waals surface area contributed by atoms with Gasteiger partial charge in [-0.2, -0.15) is 0 Å². The Bertz CT molecular complexity index is 729. The van der Waals surface area contributed by atoms with E-state index < -0.39 is 20.0 Å². The first-order chi connectivity index (χ1) is 23.4. The van der Waals surface area contributed by atoms with Crippen molar-refractivity contribution in [3.63, 3.8) is 0 Å². The Morgan fingerprint density at radius 2 is 0.958 bits per heavy atom. The second kappa shape index (κ2) is 36.3. The predicted molar refractivity (Wildman–Crippen MR) is 203 cm³/mol. The van der Waals surface area contributed by atoms with Gasteiger partial charge in [-0.05, 0) is 12.8 Å². The molecule has 0 saturated heterocycles. The number of hydrogen-bond donors (Lipinski definition) is 4. The minimum Gasteiger partial charge on any atom is -0.391 e. The average Bonchev–Trinajstić information content (AvgIpc) is 3.07. The van der Waals surface area contributed by atoms with Crippen molar-refractivity contribution in [3.8, 4) is 0 Å². The Kier molecular flexibility index (Phi) is 35.9. The van der Waals surface area contributed by atoms with E-state index in [1.807, 2.05) is 0 Å². The SMILES string of the molecule is CCCCCCCCCCCCCCCCCCCC(=O)N[C@@H](COP(=O)(O)OCCN)[C@H](O)CCCCCCCCCCCCCC. The van der Waals surface area contributed by atoms with Crippen LogP contribution in [-0.2, 0) is 18.4 Å². The quantitative estimate of drug-likeness (QED) is 0.0370. The van der Waals surface area contributed by atoms with Crippen LogP contribution >= 0.6 is 7.82 Å². The molecule has 0 spiro atoms. The summed E-state index contributed by atoms with van der Waals surface area (Å²) in [5.74, 6) is -0.158. The zero-order valence-corrected chi connectivity index (χ0v) is 32.6. The highest BCUT2D eigenvalue weighted by molar-refractivity contribution is 7.47. The molecule has 0 rings (SSSR count). The van der Waals surface area contributed by atoms with Crippen LogP contribution < -0.4 is 11.1 Å². The van der Waals surface area contributed by atoms with Crippen molar-refractivity contribution in [3.05, 3.63) is 0 Å². The molecule has 288 valence electrons. The highest BCUT2D eigenvalue weighted by atomic mass is 31.2. The minimum absolute atomic E-state index is 0.0923. The third-order valence-electron chi connectivity index (χ3n) is 9.46. The zero-order chi connectivity index (χ0) is 35.4. The van der Waals surface area contributed by atoms with Crippen LogP contribution in [0.3, 0.4) is 0 Å². The largest absolute Gasteiger partial charge is 0.472 e. The molecule has 5 N–H and O–H groups in total. The first kappa shape index (κ1) is 47.5. The minimum atomic E-state index is -4.30. The lowest BCUT2D eigenvalue weighted by Gasteiger charge is -2.25. The first-order valence-corrected chi connectivity index (χ1v) is 22.1. The number of carbonyl (C=O) groups is 1. The van der Waals surface area contributed by atoms with Crippen molar-refractivity contribution < 1.29 is 28.4 Å². The van der Waals surface area contributed by atoms with Gasteiger partial charge in [0.1, 0.15) is 0 Å². The fourth-order valence-corrected chi connectivity index (χ4v) is 7.07. The Labute approximate surface area is 297 Å². The summed E-state index contributed by atoms with van der Waals surface area (Å²) in [6, 6.07) is -0.766. The van der Waals surface area contributed by atoms with Crippen molar-refractivity contribution in [1.29, 1.82) is 0 Å². The molecule has 0 radical (unpaired) electrons. The van der Waals surface area contributed by atoms with E-state index in [0.717, 1.165) is 38.5 Å². The van der Waals surface area contributed by atoms with Crippen molar-refractivity contribution in [1.82, 2.24) is 5.32 Å². The normalized spacial score (nSPS) is 14.2. The van der Waals surface area contributed by atoms with Crippen molar-refractivity contribution in [2.45, 2.75) is 225 Å². The summed E-state index contributed by atoms with van der Waals surface area (Å²) >= 11 is 0. The molecule has 0 aromatic carbocycles. The molecule has 0 aliphatic rings. The Morgan fingerprint density at radius 3 is 1.33 bits per heavy atom. The number of hydrogen-bond acceptors (Lipinski definition) is 6. The molecule has 0 heterocycles. The van der Waals surface area contributed by atoms with Gasteiger partial charge in [0.2, 0.25) is 5.91 Å². The number of aliphatic hydroxyl groups is 1. The third kappa shape index (κ3) is 34.0. The molecule has 0 aliphatic carbocycles. The molecule has 48 heavy (non-hydrogen) atoms. The zero-order valence-electron chi connectivity index (χ0n) is 31.7. The highest BCUT2D eigenvalue weighted by Gasteiger charge is 2.27. The summed E-state index contributed by atoms with van der Waals surface area (Å²) in [5.41, 5.74) is 5.37. The van der Waals surface area contributed by atoms with Gasteiger partial charge in [-0.1, -0.05) is 194 Å². The highest BCUT2D eigenvalue weighted by Crippen LogP contribution is 2.43. The van der Waals surface area contributed by atoms with Crippen LogP contribution in [0, 0.1) is 0 Å². The van der Waals surface area contributed by atoms with E-state index in [4.69, 9.17) is 14.8 Å². The number of phosphoric ester groups is 1. The molecule has 0 bridgehead atoms. The van der Waals surface area contributed by atoms with Crippen LogP contribution in [0.2, 0.25) is 0 Å².